The number of ether oxygens (including phenoxy) is 2. The molecular weight excluding hydrogens is 322 g/mol. The van der Waals surface area contributed by atoms with Crippen molar-refractivity contribution >= 4 is 28.6 Å². The van der Waals surface area contributed by atoms with Gasteiger partial charge in [-0.1, -0.05) is 11.6 Å². The van der Waals surface area contributed by atoms with Gasteiger partial charge in [-0.25, -0.2) is 14.8 Å². The van der Waals surface area contributed by atoms with Crippen molar-refractivity contribution in [3.8, 4) is 11.5 Å². The van der Waals surface area contributed by atoms with Crippen LogP contribution in [0.1, 0.15) is 12.8 Å². The molecule has 1 saturated heterocycles. The van der Waals surface area contributed by atoms with Crippen molar-refractivity contribution in [3.05, 3.63) is 23.6 Å². The van der Waals surface area contributed by atoms with E-state index in [0.29, 0.717) is 40.6 Å². The number of halogens is 1. The number of carbonyl (C=O) groups is 1. The molecule has 0 spiro atoms. The van der Waals surface area contributed by atoms with Gasteiger partial charge in [-0.05, 0) is 18.9 Å². The van der Waals surface area contributed by atoms with Gasteiger partial charge in [0.05, 0.1) is 19.2 Å². The molecule has 7 nitrogen and oxygen atoms in total. The second-order valence-corrected chi connectivity index (χ2v) is 5.65. The van der Waals surface area contributed by atoms with E-state index >= 15 is 0 Å². The molecule has 0 unspecified atom stereocenters. The zero-order valence-corrected chi connectivity index (χ0v) is 13.3. The maximum absolute atomic E-state index is 11.1. The van der Waals surface area contributed by atoms with Crippen LogP contribution in [-0.4, -0.2) is 52.4 Å². The third-order valence-corrected chi connectivity index (χ3v) is 4.12. The Hall–Kier alpha value is -2.28. The van der Waals surface area contributed by atoms with Gasteiger partial charge in [0.15, 0.2) is 11.5 Å². The van der Waals surface area contributed by atoms with Crippen LogP contribution in [-0.2, 0) is 0 Å². The average molecular weight is 338 g/mol. The molecule has 23 heavy (non-hydrogen) atoms. The van der Waals surface area contributed by atoms with E-state index in [-0.39, 0.29) is 6.10 Å². The number of hydrogen-bond acceptors (Lipinski definition) is 5. The lowest BCUT2D eigenvalue weighted by Gasteiger charge is -2.31. The number of nitrogens with zero attached hydrogens (tertiary/aromatic N) is 3. The van der Waals surface area contributed by atoms with Crippen LogP contribution in [0.15, 0.2) is 18.5 Å². The van der Waals surface area contributed by atoms with Crippen molar-refractivity contribution in [2.75, 3.05) is 20.2 Å². The summed E-state index contributed by atoms with van der Waals surface area (Å²) in [5, 5.41) is 10.1. The lowest BCUT2D eigenvalue weighted by molar-refractivity contribution is 0.0777. The van der Waals surface area contributed by atoms with Gasteiger partial charge >= 0.3 is 6.09 Å². The number of hydrogen-bond donors (Lipinski definition) is 1. The van der Waals surface area contributed by atoms with Gasteiger partial charge in [0.2, 0.25) is 0 Å². The molecule has 2 heterocycles. The Morgan fingerprint density at radius 3 is 2.96 bits per heavy atom. The number of amides is 1. The van der Waals surface area contributed by atoms with Crippen LogP contribution < -0.4 is 9.47 Å². The van der Waals surface area contributed by atoms with E-state index < -0.39 is 6.09 Å². The Morgan fingerprint density at radius 1 is 1.39 bits per heavy atom. The van der Waals surface area contributed by atoms with Crippen molar-refractivity contribution in [2.24, 2.45) is 0 Å². The minimum Gasteiger partial charge on any atom is -0.493 e. The monoisotopic (exact) mass is 337 g/mol. The van der Waals surface area contributed by atoms with Crippen LogP contribution in [0, 0.1) is 0 Å². The topological polar surface area (TPSA) is 84.8 Å². The largest absolute Gasteiger partial charge is 0.493 e. The van der Waals surface area contributed by atoms with Gasteiger partial charge in [0.25, 0.3) is 0 Å². The Kier molecular flexibility index (Phi) is 4.38. The van der Waals surface area contributed by atoms with Gasteiger partial charge in [-0.3, -0.25) is 0 Å². The number of methoxy groups -OCH3 is 1. The van der Waals surface area contributed by atoms with E-state index in [4.69, 9.17) is 26.2 Å². The van der Waals surface area contributed by atoms with E-state index in [0.717, 1.165) is 12.8 Å². The van der Waals surface area contributed by atoms with E-state index in [2.05, 4.69) is 9.97 Å². The Labute approximate surface area is 137 Å². The molecule has 3 rings (SSSR count). The standard InChI is InChI=1S/C15H16ClN3O4/c1-22-12-5-10-11(17-8-18-14(10)16)6-13(12)23-9-3-2-4-19(7-9)15(20)21/h5-6,8-9H,2-4,7H2,1H3,(H,20,21)/t9-/m0/s1. The highest BCUT2D eigenvalue weighted by molar-refractivity contribution is 6.34. The number of carboxylic acid groups (broad SMARTS) is 1. The summed E-state index contributed by atoms with van der Waals surface area (Å²) < 4.78 is 11.3. The van der Waals surface area contributed by atoms with Crippen LogP contribution in [0.3, 0.4) is 0 Å². The summed E-state index contributed by atoms with van der Waals surface area (Å²) >= 11 is 6.06. The lowest BCUT2D eigenvalue weighted by atomic mass is 10.1. The predicted molar refractivity (Wildman–Crippen MR) is 84.3 cm³/mol. The van der Waals surface area contributed by atoms with Gasteiger partial charge < -0.3 is 19.5 Å². The maximum Gasteiger partial charge on any atom is 0.407 e. The summed E-state index contributed by atoms with van der Waals surface area (Å²) in [6, 6.07) is 3.46. The van der Waals surface area contributed by atoms with Gasteiger partial charge in [-0.2, -0.15) is 0 Å². The van der Waals surface area contributed by atoms with E-state index in [1.807, 2.05) is 0 Å². The summed E-state index contributed by atoms with van der Waals surface area (Å²) in [5.41, 5.74) is 0.645. The highest BCUT2D eigenvalue weighted by Crippen LogP contribution is 2.35. The molecule has 1 aliphatic heterocycles. The van der Waals surface area contributed by atoms with E-state index in [9.17, 15) is 4.79 Å². The molecule has 1 amide bonds. The minimum absolute atomic E-state index is 0.219. The molecule has 1 aromatic heterocycles. The number of rotatable bonds is 3. The van der Waals surface area contributed by atoms with Crippen LogP contribution in [0.25, 0.3) is 10.9 Å². The normalized spacial score (nSPS) is 18.0. The zero-order valence-electron chi connectivity index (χ0n) is 12.5. The second kappa shape index (κ2) is 6.45. The average Bonchev–Trinajstić information content (AvgIpc) is 2.55. The fraction of sp³-hybridized carbons (Fsp3) is 0.400. The molecule has 1 aliphatic rings. The van der Waals surface area contributed by atoms with E-state index in [1.165, 1.54) is 18.3 Å². The Morgan fingerprint density at radius 2 is 2.22 bits per heavy atom. The molecule has 1 atom stereocenters. The Balaban J connectivity index is 1.88. The predicted octanol–water partition coefficient (Wildman–Crippen LogP) is 2.81. The zero-order chi connectivity index (χ0) is 16.4. The van der Waals surface area contributed by atoms with Crippen molar-refractivity contribution in [2.45, 2.75) is 18.9 Å². The van der Waals surface area contributed by atoms with E-state index in [1.54, 1.807) is 12.1 Å². The first-order valence-electron chi connectivity index (χ1n) is 7.21. The number of aromatic nitrogens is 2. The molecule has 2 aromatic rings. The third-order valence-electron chi connectivity index (χ3n) is 3.81. The lowest BCUT2D eigenvalue weighted by Crippen LogP contribution is -2.43. The molecule has 8 heteroatoms. The van der Waals surface area contributed by atoms with Crippen molar-refractivity contribution in [3.63, 3.8) is 0 Å². The van der Waals surface area contributed by atoms with Gasteiger partial charge in [0, 0.05) is 18.0 Å². The van der Waals surface area contributed by atoms with Crippen molar-refractivity contribution in [1.29, 1.82) is 0 Å². The fourth-order valence-corrected chi connectivity index (χ4v) is 2.87. The molecular formula is C15H16ClN3O4. The molecule has 122 valence electrons. The highest BCUT2D eigenvalue weighted by Gasteiger charge is 2.25. The number of piperidine rings is 1. The Bertz CT molecular complexity index is 740. The smallest absolute Gasteiger partial charge is 0.407 e. The number of likely N-dealkylation sites (tertiary alicyclic amines) is 1. The van der Waals surface area contributed by atoms with Crippen molar-refractivity contribution in [1.82, 2.24) is 14.9 Å². The summed E-state index contributed by atoms with van der Waals surface area (Å²) in [7, 11) is 1.54. The van der Waals surface area contributed by atoms with Crippen LogP contribution in [0.2, 0.25) is 5.15 Å². The highest BCUT2D eigenvalue weighted by atomic mass is 35.5. The first-order valence-corrected chi connectivity index (χ1v) is 7.59. The molecule has 0 bridgehead atoms. The SMILES string of the molecule is COc1cc2c(Cl)ncnc2cc1O[C@H]1CCCN(C(=O)O)C1. The molecule has 1 fully saturated rings. The fourth-order valence-electron chi connectivity index (χ4n) is 2.67. The van der Waals surface area contributed by atoms with Crippen LogP contribution in [0.5, 0.6) is 11.5 Å². The first kappa shape index (κ1) is 15.6. The van der Waals surface area contributed by atoms with Crippen LogP contribution >= 0.6 is 11.6 Å². The van der Waals surface area contributed by atoms with Crippen molar-refractivity contribution < 1.29 is 19.4 Å². The molecule has 1 aromatic carbocycles. The summed E-state index contributed by atoms with van der Waals surface area (Å²) in [6.45, 7) is 0.869. The quantitative estimate of drug-likeness (QED) is 0.867. The third kappa shape index (κ3) is 3.24. The van der Waals surface area contributed by atoms with Crippen LogP contribution in [0.4, 0.5) is 4.79 Å². The number of benzene rings is 1. The maximum atomic E-state index is 11.1. The van der Waals surface area contributed by atoms with Gasteiger partial charge in [0.1, 0.15) is 17.6 Å². The second-order valence-electron chi connectivity index (χ2n) is 5.30. The molecule has 1 N–H and O–H groups in total. The summed E-state index contributed by atoms with van der Waals surface area (Å²) in [4.78, 5) is 20.6. The van der Waals surface area contributed by atoms with Gasteiger partial charge in [-0.15, -0.1) is 0 Å². The number of fused-ring (bicyclic) bond motifs is 1. The molecule has 0 aliphatic carbocycles. The summed E-state index contributed by atoms with van der Waals surface area (Å²) in [5.74, 6) is 1.04. The summed E-state index contributed by atoms with van der Waals surface area (Å²) in [6.07, 6.45) is 1.79. The molecule has 0 radical (unpaired) electrons. The molecule has 0 saturated carbocycles. The minimum atomic E-state index is -0.928. The first-order chi connectivity index (χ1) is 11.1.